The van der Waals surface area contributed by atoms with Crippen molar-refractivity contribution in [1.29, 1.82) is 0 Å². The second-order valence-corrected chi connectivity index (χ2v) is 5.29. The van der Waals surface area contributed by atoms with Crippen LogP contribution in [0.5, 0.6) is 0 Å². The minimum Gasteiger partial charge on any atom is -0.439 e. The fourth-order valence-corrected chi connectivity index (χ4v) is 2.66. The monoisotopic (exact) mass is 261 g/mol. The van der Waals surface area contributed by atoms with Gasteiger partial charge in [-0.2, -0.15) is 0 Å². The largest absolute Gasteiger partial charge is 0.439 e. The van der Waals surface area contributed by atoms with Crippen LogP contribution in [0.4, 0.5) is 5.69 Å². The number of ether oxygens (including phenoxy) is 1. The van der Waals surface area contributed by atoms with Crippen LogP contribution in [-0.4, -0.2) is 35.2 Å². The quantitative estimate of drug-likeness (QED) is 0.838. The molecule has 2 aromatic rings. The van der Waals surface area contributed by atoms with E-state index in [2.05, 4.69) is 23.7 Å². The van der Waals surface area contributed by atoms with Crippen molar-refractivity contribution < 1.29 is 9.15 Å². The number of nitrogens with zero attached hydrogens (tertiary/aromatic N) is 2. The Hall–Kier alpha value is -1.59. The molecule has 1 saturated heterocycles. The smallest absolute Gasteiger partial charge is 0.209 e. The molecule has 2 atom stereocenters. The molecule has 1 aromatic heterocycles. The molecule has 0 radical (unpaired) electrons. The Morgan fingerprint density at radius 1 is 1.32 bits per heavy atom. The molecule has 0 bridgehead atoms. The van der Waals surface area contributed by atoms with Gasteiger partial charge in [-0.1, -0.05) is 0 Å². The molecule has 1 aromatic carbocycles. The highest BCUT2D eigenvalue weighted by atomic mass is 16.5. The van der Waals surface area contributed by atoms with Crippen LogP contribution in [0.3, 0.4) is 0 Å². The summed E-state index contributed by atoms with van der Waals surface area (Å²) in [6.07, 6.45) is 0.507. The third kappa shape index (κ3) is 2.72. The standard InChI is InChI=1S/C14H19N3O2/c1-9-6-17(7-10(2)18-9)8-14-16-12-5-11(15)3-4-13(12)19-14/h3-5,9-10H,6-8,15H2,1-2H3. The van der Waals surface area contributed by atoms with Crippen LogP contribution in [0.25, 0.3) is 11.1 Å². The highest BCUT2D eigenvalue weighted by Gasteiger charge is 2.23. The van der Waals surface area contributed by atoms with Crippen LogP contribution in [0.15, 0.2) is 22.6 Å². The molecule has 0 saturated carbocycles. The van der Waals surface area contributed by atoms with Crippen molar-refractivity contribution in [3.05, 3.63) is 24.1 Å². The first-order chi connectivity index (χ1) is 9.10. The minimum atomic E-state index is 0.253. The number of anilines is 1. The highest BCUT2D eigenvalue weighted by molar-refractivity contribution is 5.76. The fraction of sp³-hybridized carbons (Fsp3) is 0.500. The maximum Gasteiger partial charge on any atom is 0.209 e. The topological polar surface area (TPSA) is 64.5 Å². The van der Waals surface area contributed by atoms with Gasteiger partial charge in [0.2, 0.25) is 5.89 Å². The van der Waals surface area contributed by atoms with Crippen LogP contribution >= 0.6 is 0 Å². The summed E-state index contributed by atoms with van der Waals surface area (Å²) >= 11 is 0. The van der Waals surface area contributed by atoms with Crippen LogP contribution in [0.1, 0.15) is 19.7 Å². The number of fused-ring (bicyclic) bond motifs is 1. The van der Waals surface area contributed by atoms with Crippen LogP contribution in [0.2, 0.25) is 0 Å². The van der Waals surface area contributed by atoms with E-state index in [0.717, 1.165) is 30.1 Å². The molecule has 2 unspecified atom stereocenters. The van der Waals surface area contributed by atoms with Crippen molar-refractivity contribution in [2.24, 2.45) is 0 Å². The molecule has 1 fully saturated rings. The van der Waals surface area contributed by atoms with E-state index in [1.165, 1.54) is 0 Å². The zero-order chi connectivity index (χ0) is 13.4. The first kappa shape index (κ1) is 12.4. The van der Waals surface area contributed by atoms with Gasteiger partial charge in [-0.25, -0.2) is 4.98 Å². The van der Waals surface area contributed by atoms with Crippen LogP contribution in [0, 0.1) is 0 Å². The van der Waals surface area contributed by atoms with E-state index < -0.39 is 0 Å². The Morgan fingerprint density at radius 2 is 2.05 bits per heavy atom. The lowest BCUT2D eigenvalue weighted by Gasteiger charge is -2.34. The summed E-state index contributed by atoms with van der Waals surface area (Å²) < 4.78 is 11.5. The minimum absolute atomic E-state index is 0.253. The molecule has 5 nitrogen and oxygen atoms in total. The summed E-state index contributed by atoms with van der Waals surface area (Å²) in [5.74, 6) is 0.738. The van der Waals surface area contributed by atoms with E-state index in [1.807, 2.05) is 18.2 Å². The predicted octanol–water partition coefficient (Wildman–Crippen LogP) is 2.02. The maximum absolute atomic E-state index is 5.75. The number of aromatic nitrogens is 1. The van der Waals surface area contributed by atoms with Gasteiger partial charge in [0.1, 0.15) is 5.52 Å². The molecule has 1 aliphatic heterocycles. The predicted molar refractivity (Wildman–Crippen MR) is 73.7 cm³/mol. The summed E-state index contributed by atoms with van der Waals surface area (Å²) in [6.45, 7) is 6.72. The lowest BCUT2D eigenvalue weighted by atomic mass is 10.2. The van der Waals surface area contributed by atoms with Crippen molar-refractivity contribution in [3.8, 4) is 0 Å². The molecule has 0 aliphatic carbocycles. The van der Waals surface area contributed by atoms with Crippen molar-refractivity contribution in [3.63, 3.8) is 0 Å². The molecule has 0 spiro atoms. The number of hydrogen-bond acceptors (Lipinski definition) is 5. The Kier molecular flexibility index (Phi) is 3.16. The van der Waals surface area contributed by atoms with E-state index in [0.29, 0.717) is 12.2 Å². The van der Waals surface area contributed by atoms with Gasteiger partial charge in [0.25, 0.3) is 0 Å². The average molecular weight is 261 g/mol. The molecule has 3 rings (SSSR count). The van der Waals surface area contributed by atoms with Gasteiger partial charge in [0.15, 0.2) is 5.58 Å². The van der Waals surface area contributed by atoms with Gasteiger partial charge in [0, 0.05) is 18.8 Å². The zero-order valence-corrected chi connectivity index (χ0v) is 11.3. The van der Waals surface area contributed by atoms with E-state index in [1.54, 1.807) is 0 Å². The Balaban J connectivity index is 1.77. The van der Waals surface area contributed by atoms with E-state index in [-0.39, 0.29) is 12.2 Å². The molecule has 19 heavy (non-hydrogen) atoms. The van der Waals surface area contributed by atoms with E-state index in [9.17, 15) is 0 Å². The van der Waals surface area contributed by atoms with Crippen molar-refractivity contribution in [1.82, 2.24) is 9.88 Å². The van der Waals surface area contributed by atoms with E-state index >= 15 is 0 Å². The highest BCUT2D eigenvalue weighted by Crippen LogP contribution is 2.20. The van der Waals surface area contributed by atoms with E-state index in [4.69, 9.17) is 14.9 Å². The number of benzene rings is 1. The average Bonchev–Trinajstić information content (AvgIpc) is 2.68. The number of nitrogens with two attached hydrogens (primary N) is 1. The summed E-state index contributed by atoms with van der Waals surface area (Å²) in [7, 11) is 0. The second kappa shape index (κ2) is 4.83. The lowest BCUT2D eigenvalue weighted by Crippen LogP contribution is -2.44. The van der Waals surface area contributed by atoms with Gasteiger partial charge in [-0.15, -0.1) is 0 Å². The maximum atomic E-state index is 5.75. The van der Waals surface area contributed by atoms with Gasteiger partial charge in [0.05, 0.1) is 18.8 Å². The van der Waals surface area contributed by atoms with Crippen LogP contribution < -0.4 is 5.73 Å². The SMILES string of the molecule is CC1CN(Cc2nc3cc(N)ccc3o2)CC(C)O1. The molecule has 5 heteroatoms. The Morgan fingerprint density at radius 3 is 2.79 bits per heavy atom. The van der Waals surface area contributed by atoms with Crippen molar-refractivity contribution >= 4 is 16.8 Å². The Bertz CT molecular complexity index is 571. The normalized spacial score (nSPS) is 24.9. The summed E-state index contributed by atoms with van der Waals surface area (Å²) in [4.78, 5) is 6.80. The molecule has 1 aliphatic rings. The first-order valence-corrected chi connectivity index (χ1v) is 6.63. The molecule has 102 valence electrons. The summed E-state index contributed by atoms with van der Waals surface area (Å²) in [6, 6.07) is 5.54. The number of rotatable bonds is 2. The van der Waals surface area contributed by atoms with Crippen LogP contribution in [-0.2, 0) is 11.3 Å². The number of hydrogen-bond donors (Lipinski definition) is 1. The number of morpholine rings is 1. The van der Waals surface area contributed by atoms with Gasteiger partial charge in [-0.3, -0.25) is 4.90 Å². The molecular weight excluding hydrogens is 242 g/mol. The van der Waals surface area contributed by atoms with Gasteiger partial charge in [-0.05, 0) is 32.0 Å². The molecule has 0 amide bonds. The Labute approximate surface area is 112 Å². The fourth-order valence-electron chi connectivity index (χ4n) is 2.66. The molecule has 2 N–H and O–H groups in total. The zero-order valence-electron chi connectivity index (χ0n) is 11.3. The van der Waals surface area contributed by atoms with Crippen molar-refractivity contribution in [2.45, 2.75) is 32.6 Å². The number of oxazole rings is 1. The van der Waals surface area contributed by atoms with Crippen molar-refractivity contribution in [2.75, 3.05) is 18.8 Å². The van der Waals surface area contributed by atoms with Gasteiger partial charge >= 0.3 is 0 Å². The second-order valence-electron chi connectivity index (χ2n) is 5.29. The third-order valence-corrected chi connectivity index (χ3v) is 3.31. The molecular formula is C14H19N3O2. The lowest BCUT2D eigenvalue weighted by molar-refractivity contribution is -0.0721. The van der Waals surface area contributed by atoms with Gasteiger partial charge < -0.3 is 14.9 Å². The third-order valence-electron chi connectivity index (χ3n) is 3.31. The molecule has 2 heterocycles. The first-order valence-electron chi connectivity index (χ1n) is 6.63. The number of nitrogen functional groups attached to an aromatic ring is 1. The summed E-state index contributed by atoms with van der Waals surface area (Å²) in [5, 5.41) is 0. The summed E-state index contributed by atoms with van der Waals surface area (Å²) in [5.41, 5.74) is 8.07.